The predicted octanol–water partition coefficient (Wildman–Crippen LogP) is 3.90. The van der Waals surface area contributed by atoms with Gasteiger partial charge >= 0.3 is 0 Å². The number of aryl methyl sites for hydroxylation is 1. The predicted molar refractivity (Wildman–Crippen MR) is 90.2 cm³/mol. The first-order valence-corrected chi connectivity index (χ1v) is 7.64. The molecule has 106 valence electrons. The number of nitrogens with two attached hydrogens (primary N) is 1. The van der Waals surface area contributed by atoms with E-state index in [-0.39, 0.29) is 0 Å². The normalized spacial score (nSPS) is 10.6. The van der Waals surface area contributed by atoms with Crippen LogP contribution in [0.15, 0.2) is 46.9 Å². The summed E-state index contributed by atoms with van der Waals surface area (Å²) in [5.74, 6) is 0. The van der Waals surface area contributed by atoms with Gasteiger partial charge in [-0.05, 0) is 43.1 Å². The van der Waals surface area contributed by atoms with Crippen molar-refractivity contribution in [3.8, 4) is 0 Å². The summed E-state index contributed by atoms with van der Waals surface area (Å²) in [4.78, 5) is 2.26. The summed E-state index contributed by atoms with van der Waals surface area (Å²) >= 11 is 3.63. The molecule has 0 spiro atoms. The van der Waals surface area contributed by atoms with Gasteiger partial charge in [-0.2, -0.15) is 0 Å². The van der Waals surface area contributed by atoms with Crippen LogP contribution < -0.4 is 10.6 Å². The fourth-order valence-corrected chi connectivity index (χ4v) is 2.87. The Labute approximate surface area is 129 Å². The smallest absolute Gasteiger partial charge is 0.0426 e. The number of rotatable bonds is 5. The molecule has 0 bridgehead atoms. The number of benzene rings is 2. The zero-order valence-electron chi connectivity index (χ0n) is 12.1. The molecule has 2 rings (SSSR count). The highest BCUT2D eigenvalue weighted by molar-refractivity contribution is 9.10. The summed E-state index contributed by atoms with van der Waals surface area (Å²) < 4.78 is 1.14. The molecule has 0 saturated heterocycles. The first kappa shape index (κ1) is 15.1. The van der Waals surface area contributed by atoms with E-state index in [0.717, 1.165) is 17.4 Å². The van der Waals surface area contributed by atoms with Crippen LogP contribution >= 0.6 is 15.9 Å². The standard InChI is InChI=1S/C17H21BrN2/c1-13-4-3-5-14(10-13)12-20(2)16-7-6-15(8-9-19)17(18)11-16/h3-7,10-11H,8-9,12,19H2,1-2H3. The Morgan fingerprint density at radius 1 is 1.15 bits per heavy atom. The van der Waals surface area contributed by atoms with Crippen molar-refractivity contribution in [1.82, 2.24) is 0 Å². The van der Waals surface area contributed by atoms with Crippen LogP contribution in [0.5, 0.6) is 0 Å². The second-order valence-corrected chi connectivity index (χ2v) is 6.01. The van der Waals surface area contributed by atoms with Crippen molar-refractivity contribution in [2.45, 2.75) is 19.9 Å². The maximum atomic E-state index is 5.61. The van der Waals surface area contributed by atoms with Crippen LogP contribution in [0.25, 0.3) is 0 Å². The molecule has 2 N–H and O–H groups in total. The van der Waals surface area contributed by atoms with Gasteiger partial charge in [0.25, 0.3) is 0 Å². The zero-order valence-corrected chi connectivity index (χ0v) is 13.7. The van der Waals surface area contributed by atoms with E-state index in [0.29, 0.717) is 6.54 Å². The van der Waals surface area contributed by atoms with Gasteiger partial charge in [0.1, 0.15) is 0 Å². The minimum absolute atomic E-state index is 0.678. The SMILES string of the molecule is Cc1cccc(CN(C)c2ccc(CCN)c(Br)c2)c1. The Morgan fingerprint density at radius 2 is 1.95 bits per heavy atom. The van der Waals surface area contributed by atoms with Gasteiger partial charge in [0.05, 0.1) is 0 Å². The van der Waals surface area contributed by atoms with Crippen molar-refractivity contribution in [3.05, 3.63) is 63.6 Å². The molecular weight excluding hydrogens is 312 g/mol. The van der Waals surface area contributed by atoms with Crippen molar-refractivity contribution in [2.75, 3.05) is 18.5 Å². The summed E-state index contributed by atoms with van der Waals surface area (Å²) in [5.41, 5.74) is 10.7. The summed E-state index contributed by atoms with van der Waals surface area (Å²) in [6.45, 7) is 3.71. The fourth-order valence-electron chi connectivity index (χ4n) is 2.31. The van der Waals surface area contributed by atoms with E-state index in [4.69, 9.17) is 5.73 Å². The molecule has 0 radical (unpaired) electrons. The molecule has 20 heavy (non-hydrogen) atoms. The Hall–Kier alpha value is -1.32. The van der Waals surface area contributed by atoms with Crippen LogP contribution in [0, 0.1) is 6.92 Å². The Morgan fingerprint density at radius 3 is 2.60 bits per heavy atom. The third kappa shape index (κ3) is 3.84. The quantitative estimate of drug-likeness (QED) is 0.899. The Balaban J connectivity index is 2.13. The molecule has 2 nitrogen and oxygen atoms in total. The lowest BCUT2D eigenvalue weighted by Gasteiger charge is -2.20. The highest BCUT2D eigenvalue weighted by Crippen LogP contribution is 2.25. The van der Waals surface area contributed by atoms with Crippen LogP contribution in [-0.2, 0) is 13.0 Å². The third-order valence-corrected chi connectivity index (χ3v) is 4.13. The average molecular weight is 333 g/mol. The zero-order chi connectivity index (χ0) is 14.5. The Kier molecular flexibility index (Phi) is 5.21. The van der Waals surface area contributed by atoms with E-state index in [1.807, 2.05) is 0 Å². The molecule has 0 aromatic heterocycles. The Bertz CT molecular complexity index is 581. The van der Waals surface area contributed by atoms with Gasteiger partial charge in [0, 0.05) is 23.8 Å². The lowest BCUT2D eigenvalue weighted by molar-refractivity contribution is 0.916. The number of halogens is 1. The molecule has 3 heteroatoms. The summed E-state index contributed by atoms with van der Waals surface area (Å²) in [6.07, 6.45) is 0.905. The molecule has 0 saturated carbocycles. The lowest BCUT2D eigenvalue weighted by atomic mass is 10.1. The second kappa shape index (κ2) is 6.91. The molecule has 0 aliphatic carbocycles. The van der Waals surface area contributed by atoms with E-state index in [1.165, 1.54) is 22.4 Å². The monoisotopic (exact) mass is 332 g/mol. The first-order valence-electron chi connectivity index (χ1n) is 6.85. The number of hydrogen-bond acceptors (Lipinski definition) is 2. The maximum Gasteiger partial charge on any atom is 0.0426 e. The van der Waals surface area contributed by atoms with Crippen LogP contribution in [-0.4, -0.2) is 13.6 Å². The van der Waals surface area contributed by atoms with Gasteiger partial charge in [-0.15, -0.1) is 0 Å². The van der Waals surface area contributed by atoms with Gasteiger partial charge < -0.3 is 10.6 Å². The van der Waals surface area contributed by atoms with Crippen molar-refractivity contribution in [3.63, 3.8) is 0 Å². The minimum atomic E-state index is 0.678. The molecule has 0 unspecified atom stereocenters. The molecule has 0 atom stereocenters. The number of hydrogen-bond donors (Lipinski definition) is 1. The molecule has 0 amide bonds. The van der Waals surface area contributed by atoms with E-state index >= 15 is 0 Å². The first-order chi connectivity index (χ1) is 9.60. The fraction of sp³-hybridized carbons (Fsp3) is 0.294. The third-order valence-electron chi connectivity index (χ3n) is 3.39. The van der Waals surface area contributed by atoms with Crippen molar-refractivity contribution in [2.24, 2.45) is 5.73 Å². The van der Waals surface area contributed by atoms with Gasteiger partial charge in [0.15, 0.2) is 0 Å². The van der Waals surface area contributed by atoms with Crippen LogP contribution in [0.2, 0.25) is 0 Å². The van der Waals surface area contributed by atoms with Crippen molar-refractivity contribution in [1.29, 1.82) is 0 Å². The number of nitrogens with zero attached hydrogens (tertiary/aromatic N) is 1. The van der Waals surface area contributed by atoms with Crippen LogP contribution in [0.3, 0.4) is 0 Å². The van der Waals surface area contributed by atoms with Gasteiger partial charge in [-0.25, -0.2) is 0 Å². The average Bonchev–Trinajstić information content (AvgIpc) is 2.41. The van der Waals surface area contributed by atoms with Gasteiger partial charge in [0.2, 0.25) is 0 Å². The molecule has 0 aliphatic rings. The molecule has 2 aromatic rings. The molecule has 0 fully saturated rings. The summed E-state index contributed by atoms with van der Waals surface area (Å²) in [6, 6.07) is 15.1. The maximum absolute atomic E-state index is 5.61. The van der Waals surface area contributed by atoms with E-state index < -0.39 is 0 Å². The second-order valence-electron chi connectivity index (χ2n) is 5.16. The van der Waals surface area contributed by atoms with Crippen LogP contribution in [0.1, 0.15) is 16.7 Å². The van der Waals surface area contributed by atoms with E-state index in [9.17, 15) is 0 Å². The van der Waals surface area contributed by atoms with E-state index in [2.05, 4.69) is 77.3 Å². The largest absolute Gasteiger partial charge is 0.370 e. The van der Waals surface area contributed by atoms with Crippen molar-refractivity contribution < 1.29 is 0 Å². The molecular formula is C17H21BrN2. The lowest BCUT2D eigenvalue weighted by Crippen LogP contribution is -2.16. The topological polar surface area (TPSA) is 29.3 Å². The molecule has 0 heterocycles. The summed E-state index contributed by atoms with van der Waals surface area (Å²) in [5, 5.41) is 0. The van der Waals surface area contributed by atoms with Gasteiger partial charge in [-0.3, -0.25) is 0 Å². The van der Waals surface area contributed by atoms with Crippen LogP contribution in [0.4, 0.5) is 5.69 Å². The summed E-state index contributed by atoms with van der Waals surface area (Å²) in [7, 11) is 2.12. The molecule has 2 aromatic carbocycles. The molecule has 0 aliphatic heterocycles. The van der Waals surface area contributed by atoms with Gasteiger partial charge in [-0.1, -0.05) is 51.8 Å². The highest BCUT2D eigenvalue weighted by Gasteiger charge is 2.06. The number of anilines is 1. The highest BCUT2D eigenvalue weighted by atomic mass is 79.9. The minimum Gasteiger partial charge on any atom is -0.370 e. The van der Waals surface area contributed by atoms with Crippen molar-refractivity contribution >= 4 is 21.6 Å². The van der Waals surface area contributed by atoms with E-state index in [1.54, 1.807) is 0 Å².